The lowest BCUT2D eigenvalue weighted by molar-refractivity contribution is -0.130. The number of rotatable bonds is 4. The molecule has 25 heavy (non-hydrogen) atoms. The van der Waals surface area contributed by atoms with Crippen LogP contribution in [0.25, 0.3) is 11.0 Å². The highest BCUT2D eigenvalue weighted by molar-refractivity contribution is 7.88. The Morgan fingerprint density at radius 3 is 2.76 bits per heavy atom. The van der Waals surface area contributed by atoms with Crippen LogP contribution in [-0.4, -0.2) is 63.1 Å². The van der Waals surface area contributed by atoms with Crippen LogP contribution < -0.4 is 4.74 Å². The lowest BCUT2D eigenvalue weighted by Gasteiger charge is -2.20. The summed E-state index contributed by atoms with van der Waals surface area (Å²) in [5.74, 6) is 0.682. The first-order chi connectivity index (χ1) is 11.9. The molecule has 0 N–H and O–H groups in total. The molecule has 0 saturated carbocycles. The minimum atomic E-state index is -3.22. The maximum Gasteiger partial charge on any atom is 0.227 e. The van der Waals surface area contributed by atoms with Crippen molar-refractivity contribution in [2.24, 2.45) is 0 Å². The lowest BCUT2D eigenvalue weighted by atomic mass is 10.1. The summed E-state index contributed by atoms with van der Waals surface area (Å²) < 4.78 is 35.5. The number of furan rings is 1. The Morgan fingerprint density at radius 1 is 1.24 bits per heavy atom. The minimum absolute atomic E-state index is 0.0196. The van der Waals surface area contributed by atoms with Crippen molar-refractivity contribution in [3.05, 3.63) is 30.0 Å². The van der Waals surface area contributed by atoms with Gasteiger partial charge in [-0.25, -0.2) is 12.7 Å². The quantitative estimate of drug-likeness (QED) is 0.819. The highest BCUT2D eigenvalue weighted by Gasteiger charge is 2.24. The zero-order chi connectivity index (χ0) is 18.0. The molecule has 1 aromatic carbocycles. The van der Waals surface area contributed by atoms with Gasteiger partial charge >= 0.3 is 0 Å². The molecule has 0 unspecified atom stereocenters. The Kier molecular flexibility index (Phi) is 5.01. The molecule has 0 aliphatic carbocycles. The van der Waals surface area contributed by atoms with Crippen molar-refractivity contribution in [1.29, 1.82) is 0 Å². The molecule has 1 fully saturated rings. The number of carbonyl (C=O) groups is 1. The van der Waals surface area contributed by atoms with Crippen molar-refractivity contribution in [3.8, 4) is 5.75 Å². The lowest BCUT2D eigenvalue weighted by Crippen LogP contribution is -2.37. The average molecular weight is 366 g/mol. The van der Waals surface area contributed by atoms with Gasteiger partial charge in [-0.05, 0) is 18.6 Å². The van der Waals surface area contributed by atoms with Gasteiger partial charge in [0, 0.05) is 43.2 Å². The third kappa shape index (κ3) is 3.96. The first-order valence-corrected chi connectivity index (χ1v) is 10.0. The Bertz CT molecular complexity index is 874. The second-order valence-corrected chi connectivity index (χ2v) is 8.18. The molecule has 1 aliphatic heterocycles. The van der Waals surface area contributed by atoms with Crippen LogP contribution >= 0.6 is 0 Å². The molecule has 1 saturated heterocycles. The van der Waals surface area contributed by atoms with E-state index >= 15 is 0 Å². The molecule has 1 aliphatic rings. The van der Waals surface area contributed by atoms with E-state index in [9.17, 15) is 13.2 Å². The predicted octanol–water partition coefficient (Wildman–Crippen LogP) is 1.48. The van der Waals surface area contributed by atoms with Gasteiger partial charge in [-0.15, -0.1) is 0 Å². The third-order valence-electron chi connectivity index (χ3n) is 4.48. The number of nitrogens with zero attached hydrogens (tertiary/aromatic N) is 2. The Labute approximate surface area is 147 Å². The van der Waals surface area contributed by atoms with Crippen molar-refractivity contribution in [2.75, 3.05) is 39.5 Å². The molecule has 0 bridgehead atoms. The molecule has 7 nitrogen and oxygen atoms in total. The number of amides is 1. The Hall–Kier alpha value is -2.06. The fraction of sp³-hybridized carbons (Fsp3) is 0.471. The fourth-order valence-corrected chi connectivity index (χ4v) is 3.95. The first kappa shape index (κ1) is 17.8. The fourth-order valence-electron chi connectivity index (χ4n) is 3.08. The maximum atomic E-state index is 12.6. The highest BCUT2D eigenvalue weighted by Crippen LogP contribution is 2.26. The van der Waals surface area contributed by atoms with Crippen molar-refractivity contribution in [3.63, 3.8) is 0 Å². The minimum Gasteiger partial charge on any atom is -0.497 e. The molecular formula is C17H22N2O5S. The molecule has 1 amide bonds. The van der Waals surface area contributed by atoms with E-state index in [0.29, 0.717) is 43.9 Å². The summed E-state index contributed by atoms with van der Waals surface area (Å²) in [6.07, 6.45) is 3.68. The van der Waals surface area contributed by atoms with E-state index < -0.39 is 10.0 Å². The summed E-state index contributed by atoms with van der Waals surface area (Å²) >= 11 is 0. The van der Waals surface area contributed by atoms with Crippen LogP contribution in [0.15, 0.2) is 28.9 Å². The molecular weight excluding hydrogens is 344 g/mol. The smallest absolute Gasteiger partial charge is 0.227 e. The van der Waals surface area contributed by atoms with E-state index in [4.69, 9.17) is 9.15 Å². The SMILES string of the molecule is COc1ccc2c(CC(=O)N3CCCN(S(C)(=O)=O)CC3)coc2c1. The molecule has 2 heterocycles. The molecule has 8 heteroatoms. The van der Waals surface area contributed by atoms with Gasteiger partial charge in [0.05, 0.1) is 26.0 Å². The van der Waals surface area contributed by atoms with Gasteiger partial charge in [0.15, 0.2) is 0 Å². The number of fused-ring (bicyclic) bond motifs is 1. The molecule has 0 atom stereocenters. The number of benzene rings is 1. The van der Waals surface area contributed by atoms with Gasteiger partial charge in [-0.3, -0.25) is 4.79 Å². The Balaban J connectivity index is 1.70. The van der Waals surface area contributed by atoms with E-state index in [0.717, 1.165) is 10.9 Å². The van der Waals surface area contributed by atoms with Gasteiger partial charge in [-0.1, -0.05) is 0 Å². The van der Waals surface area contributed by atoms with Crippen LogP contribution in [0.5, 0.6) is 5.75 Å². The van der Waals surface area contributed by atoms with Gasteiger partial charge < -0.3 is 14.1 Å². The second kappa shape index (κ2) is 7.05. The Morgan fingerprint density at radius 2 is 2.04 bits per heavy atom. The largest absolute Gasteiger partial charge is 0.497 e. The summed E-state index contributed by atoms with van der Waals surface area (Å²) in [4.78, 5) is 14.4. The van der Waals surface area contributed by atoms with Crippen LogP contribution in [0.3, 0.4) is 0 Å². The zero-order valence-electron chi connectivity index (χ0n) is 14.4. The number of hydrogen-bond acceptors (Lipinski definition) is 5. The summed E-state index contributed by atoms with van der Waals surface area (Å²) in [7, 11) is -1.62. The molecule has 0 spiro atoms. The summed E-state index contributed by atoms with van der Waals surface area (Å²) in [5.41, 5.74) is 1.51. The molecule has 0 radical (unpaired) electrons. The van der Waals surface area contributed by atoms with Gasteiger partial charge in [0.2, 0.25) is 15.9 Å². The van der Waals surface area contributed by atoms with Crippen molar-refractivity contribution < 1.29 is 22.4 Å². The summed E-state index contributed by atoms with van der Waals surface area (Å²) in [5, 5.41) is 0.890. The number of carbonyl (C=O) groups excluding carboxylic acids is 1. The van der Waals surface area contributed by atoms with Crippen molar-refractivity contribution in [1.82, 2.24) is 9.21 Å². The predicted molar refractivity (Wildman–Crippen MR) is 94.1 cm³/mol. The topological polar surface area (TPSA) is 80.1 Å². The third-order valence-corrected chi connectivity index (χ3v) is 5.78. The van der Waals surface area contributed by atoms with E-state index in [1.807, 2.05) is 12.1 Å². The first-order valence-electron chi connectivity index (χ1n) is 8.15. The molecule has 3 rings (SSSR count). The van der Waals surface area contributed by atoms with Crippen LogP contribution in [0.2, 0.25) is 0 Å². The molecule has 2 aromatic rings. The second-order valence-electron chi connectivity index (χ2n) is 6.20. The van der Waals surface area contributed by atoms with Crippen LogP contribution in [0.1, 0.15) is 12.0 Å². The molecule has 136 valence electrons. The van der Waals surface area contributed by atoms with Crippen LogP contribution in [0, 0.1) is 0 Å². The van der Waals surface area contributed by atoms with Gasteiger partial charge in [-0.2, -0.15) is 0 Å². The van der Waals surface area contributed by atoms with E-state index in [1.54, 1.807) is 24.3 Å². The number of methoxy groups -OCH3 is 1. The van der Waals surface area contributed by atoms with E-state index in [-0.39, 0.29) is 12.3 Å². The summed E-state index contributed by atoms with van der Waals surface area (Å²) in [6.45, 7) is 1.77. The van der Waals surface area contributed by atoms with Crippen LogP contribution in [-0.2, 0) is 21.2 Å². The zero-order valence-corrected chi connectivity index (χ0v) is 15.2. The maximum absolute atomic E-state index is 12.6. The van der Waals surface area contributed by atoms with Crippen molar-refractivity contribution >= 4 is 26.9 Å². The highest BCUT2D eigenvalue weighted by atomic mass is 32.2. The van der Waals surface area contributed by atoms with Crippen LogP contribution in [0.4, 0.5) is 0 Å². The summed E-state index contributed by atoms with van der Waals surface area (Å²) in [6, 6.07) is 5.51. The van der Waals surface area contributed by atoms with Crippen molar-refractivity contribution in [2.45, 2.75) is 12.8 Å². The van der Waals surface area contributed by atoms with Gasteiger partial charge in [0.1, 0.15) is 11.3 Å². The average Bonchev–Trinajstić information content (AvgIpc) is 2.80. The number of hydrogen-bond donors (Lipinski definition) is 0. The van der Waals surface area contributed by atoms with Gasteiger partial charge in [0.25, 0.3) is 0 Å². The number of ether oxygens (including phenoxy) is 1. The molecule has 1 aromatic heterocycles. The monoisotopic (exact) mass is 366 g/mol. The van der Waals surface area contributed by atoms with E-state index in [2.05, 4.69) is 0 Å². The number of sulfonamides is 1. The standard InChI is InChI=1S/C17H22N2O5S/c1-23-14-4-5-15-13(12-24-16(15)11-14)10-17(20)18-6-3-7-19(9-8-18)25(2,21)22/h4-5,11-12H,3,6-10H2,1-2H3. The normalized spacial score (nSPS) is 16.8. The van der Waals surface area contributed by atoms with E-state index in [1.165, 1.54) is 10.6 Å².